The summed E-state index contributed by atoms with van der Waals surface area (Å²) in [6.07, 6.45) is 2.45. The topological polar surface area (TPSA) is 140 Å². The van der Waals surface area contributed by atoms with E-state index in [1.54, 1.807) is 0 Å². The minimum absolute atomic E-state index is 0.00268. The van der Waals surface area contributed by atoms with Crippen LogP contribution in [-0.2, 0) is 23.9 Å². The van der Waals surface area contributed by atoms with E-state index < -0.39 is 28.7 Å². The minimum atomic E-state index is -0.907. The maximum absolute atomic E-state index is 12.2. The molecule has 1 aromatic carbocycles. The van der Waals surface area contributed by atoms with Crippen molar-refractivity contribution >= 4 is 46.9 Å². The van der Waals surface area contributed by atoms with Gasteiger partial charge in [0.1, 0.15) is 12.6 Å². The highest BCUT2D eigenvalue weighted by Crippen LogP contribution is 2.13. The van der Waals surface area contributed by atoms with Gasteiger partial charge in [0.15, 0.2) is 5.11 Å². The summed E-state index contributed by atoms with van der Waals surface area (Å²) in [5, 5.41) is 15.8. The van der Waals surface area contributed by atoms with E-state index in [1.165, 1.54) is 48.4 Å². The fourth-order valence-corrected chi connectivity index (χ4v) is 3.03. The third-order valence-corrected chi connectivity index (χ3v) is 4.60. The monoisotopic (exact) mass is 450 g/mol. The van der Waals surface area contributed by atoms with Gasteiger partial charge in [-0.15, -0.1) is 0 Å². The summed E-state index contributed by atoms with van der Waals surface area (Å²) in [5.74, 6) is -1.53. The molecule has 1 fully saturated rings. The number of carbonyl (C=O) groups excluding carboxylic acids is 3. The first-order valence-electron chi connectivity index (χ1n) is 9.28. The Balaban J connectivity index is 1.95. The maximum Gasteiger partial charge on any atom is 0.308 e. The first kappa shape index (κ1) is 23.9. The van der Waals surface area contributed by atoms with Crippen molar-refractivity contribution in [2.24, 2.45) is 0 Å². The van der Waals surface area contributed by atoms with E-state index in [0.717, 1.165) is 0 Å². The van der Waals surface area contributed by atoms with Gasteiger partial charge in [0.05, 0.1) is 18.0 Å². The lowest BCUT2D eigenvalue weighted by molar-refractivity contribution is -0.384. The first-order chi connectivity index (χ1) is 14.8. The fourth-order valence-electron chi connectivity index (χ4n) is 2.71. The van der Waals surface area contributed by atoms with Crippen molar-refractivity contribution in [1.82, 2.24) is 15.5 Å². The molecule has 31 heavy (non-hydrogen) atoms. The number of nitrogens with one attached hydrogen (secondary N) is 2. The average Bonchev–Trinajstić information content (AvgIpc) is 2.74. The smallest absolute Gasteiger partial charge is 0.308 e. The van der Waals surface area contributed by atoms with Gasteiger partial charge in [-0.3, -0.25) is 29.8 Å². The Morgan fingerprint density at radius 1 is 1.35 bits per heavy atom. The molecule has 2 rings (SSSR count). The van der Waals surface area contributed by atoms with Crippen LogP contribution in [0.2, 0.25) is 0 Å². The van der Waals surface area contributed by atoms with Crippen molar-refractivity contribution in [2.75, 3.05) is 33.4 Å². The van der Waals surface area contributed by atoms with Crippen molar-refractivity contribution in [3.63, 3.8) is 0 Å². The number of nitro benzene ring substituents is 1. The van der Waals surface area contributed by atoms with E-state index in [1.807, 2.05) is 0 Å². The van der Waals surface area contributed by atoms with Crippen LogP contribution in [0.3, 0.4) is 0 Å². The summed E-state index contributed by atoms with van der Waals surface area (Å²) < 4.78 is 9.80. The molecule has 11 nitrogen and oxygen atoms in total. The van der Waals surface area contributed by atoms with Crippen LogP contribution in [0.5, 0.6) is 0 Å². The molecule has 0 bridgehead atoms. The van der Waals surface area contributed by atoms with Crippen LogP contribution in [0.15, 0.2) is 30.3 Å². The molecule has 1 heterocycles. The maximum atomic E-state index is 12.2. The number of rotatable bonds is 8. The molecular formula is C19H22N4O7S. The van der Waals surface area contributed by atoms with Gasteiger partial charge in [0.25, 0.3) is 5.69 Å². The van der Waals surface area contributed by atoms with E-state index >= 15 is 0 Å². The van der Waals surface area contributed by atoms with Crippen molar-refractivity contribution < 1.29 is 28.8 Å². The Morgan fingerprint density at radius 2 is 2.06 bits per heavy atom. The number of hydrogen-bond donors (Lipinski definition) is 2. The molecule has 0 radical (unpaired) electrons. The van der Waals surface area contributed by atoms with Crippen LogP contribution < -0.4 is 10.6 Å². The largest absolute Gasteiger partial charge is 0.463 e. The molecule has 0 aliphatic carbocycles. The van der Waals surface area contributed by atoms with E-state index in [4.69, 9.17) is 21.7 Å². The molecular weight excluding hydrogens is 428 g/mol. The standard InChI is InChI=1S/C19H22N4O7S/c1-29-10-11-30-17(25)12-15-18(26)20-8-9-22(15)19(31)21-16(24)7-4-13-2-5-14(6-3-13)23(27)28/h2-7,15H,8-12H2,1H3,(H,20,26)(H,21,24,31)/b7-4+. The lowest BCUT2D eigenvalue weighted by Gasteiger charge is -2.36. The minimum Gasteiger partial charge on any atom is -0.463 e. The molecule has 1 aliphatic heterocycles. The molecule has 2 N–H and O–H groups in total. The molecule has 12 heteroatoms. The number of ether oxygens (including phenoxy) is 2. The number of benzene rings is 1. The molecule has 1 atom stereocenters. The molecule has 1 aliphatic rings. The van der Waals surface area contributed by atoms with Gasteiger partial charge < -0.3 is 19.7 Å². The molecule has 1 aromatic rings. The predicted molar refractivity (Wildman–Crippen MR) is 114 cm³/mol. The van der Waals surface area contributed by atoms with E-state index in [9.17, 15) is 24.5 Å². The molecule has 1 saturated heterocycles. The van der Waals surface area contributed by atoms with Crippen LogP contribution in [0.4, 0.5) is 5.69 Å². The van der Waals surface area contributed by atoms with E-state index in [2.05, 4.69) is 10.6 Å². The van der Waals surface area contributed by atoms with Crippen molar-refractivity contribution in [3.8, 4) is 0 Å². The van der Waals surface area contributed by atoms with Crippen LogP contribution in [0, 0.1) is 10.1 Å². The summed E-state index contributed by atoms with van der Waals surface area (Å²) in [5.41, 5.74) is 0.527. The lowest BCUT2D eigenvalue weighted by atomic mass is 10.1. The highest BCUT2D eigenvalue weighted by molar-refractivity contribution is 7.80. The molecule has 166 valence electrons. The predicted octanol–water partition coefficient (Wildman–Crippen LogP) is 0.389. The lowest BCUT2D eigenvalue weighted by Crippen LogP contribution is -2.60. The van der Waals surface area contributed by atoms with Crippen LogP contribution in [0.1, 0.15) is 12.0 Å². The quantitative estimate of drug-likeness (QED) is 0.144. The Hall–Kier alpha value is -3.38. The number of carbonyl (C=O) groups is 3. The molecule has 0 aromatic heterocycles. The Morgan fingerprint density at radius 3 is 2.71 bits per heavy atom. The number of nitro groups is 1. The SMILES string of the molecule is COCCOC(=O)CC1C(=O)NCCN1C(=S)NC(=O)/C=C/c1ccc([N+](=O)[O-])cc1. The van der Waals surface area contributed by atoms with Crippen LogP contribution in [0.25, 0.3) is 6.08 Å². The summed E-state index contributed by atoms with van der Waals surface area (Å²) >= 11 is 5.25. The first-order valence-corrected chi connectivity index (χ1v) is 9.69. The number of non-ortho nitro benzene ring substituents is 1. The van der Waals surface area contributed by atoms with E-state index in [0.29, 0.717) is 18.7 Å². The van der Waals surface area contributed by atoms with Crippen molar-refractivity contribution in [1.29, 1.82) is 0 Å². The number of hydrogen-bond acceptors (Lipinski definition) is 8. The Bertz CT molecular complexity index is 873. The van der Waals surface area contributed by atoms with Gasteiger partial charge in [0, 0.05) is 38.4 Å². The Kier molecular flexibility index (Phi) is 9.03. The number of piperazine rings is 1. The van der Waals surface area contributed by atoms with Crippen LogP contribution >= 0.6 is 12.2 Å². The second-order valence-corrected chi connectivity index (χ2v) is 6.78. The number of thiocarbonyl (C=S) groups is 1. The summed E-state index contributed by atoms with van der Waals surface area (Å²) in [6.45, 7) is 0.926. The second-order valence-electron chi connectivity index (χ2n) is 6.39. The summed E-state index contributed by atoms with van der Waals surface area (Å²) in [4.78, 5) is 48.0. The van der Waals surface area contributed by atoms with Crippen molar-refractivity contribution in [2.45, 2.75) is 12.5 Å². The highest BCUT2D eigenvalue weighted by atomic mass is 32.1. The van der Waals surface area contributed by atoms with Gasteiger partial charge in [-0.05, 0) is 36.0 Å². The fraction of sp³-hybridized carbons (Fsp3) is 0.368. The zero-order chi connectivity index (χ0) is 22.8. The number of esters is 1. The molecule has 0 saturated carbocycles. The van der Waals surface area contributed by atoms with Gasteiger partial charge in [0.2, 0.25) is 11.8 Å². The van der Waals surface area contributed by atoms with Crippen molar-refractivity contribution in [3.05, 3.63) is 46.0 Å². The average molecular weight is 450 g/mol. The molecule has 2 amide bonds. The summed E-state index contributed by atoms with van der Waals surface area (Å²) in [7, 11) is 1.47. The van der Waals surface area contributed by atoms with Gasteiger partial charge in [-0.1, -0.05) is 0 Å². The number of amides is 2. The third kappa shape index (κ3) is 7.42. The number of nitrogens with zero attached hydrogens (tertiary/aromatic N) is 2. The highest BCUT2D eigenvalue weighted by Gasteiger charge is 2.34. The van der Waals surface area contributed by atoms with Gasteiger partial charge in [-0.2, -0.15) is 0 Å². The zero-order valence-electron chi connectivity index (χ0n) is 16.7. The van der Waals surface area contributed by atoms with Crippen LogP contribution in [-0.4, -0.2) is 72.2 Å². The molecule has 0 spiro atoms. The normalized spacial score (nSPS) is 16.0. The zero-order valence-corrected chi connectivity index (χ0v) is 17.6. The second kappa shape index (κ2) is 11.7. The molecule has 1 unspecified atom stereocenters. The third-order valence-electron chi connectivity index (χ3n) is 4.26. The Labute approximate surface area is 183 Å². The van der Waals surface area contributed by atoms with Gasteiger partial charge in [-0.25, -0.2) is 0 Å². The number of methoxy groups -OCH3 is 1. The summed E-state index contributed by atoms with van der Waals surface area (Å²) in [6, 6.07) is 4.74. The van der Waals surface area contributed by atoms with E-state index in [-0.39, 0.29) is 30.4 Å². The van der Waals surface area contributed by atoms with Gasteiger partial charge >= 0.3 is 5.97 Å².